The maximum Gasteiger partial charge on any atom is 0.313 e. The molecule has 120 valence electrons. The van der Waals surface area contributed by atoms with Crippen molar-refractivity contribution in [1.29, 1.82) is 0 Å². The highest BCUT2D eigenvalue weighted by Crippen LogP contribution is 2.33. The van der Waals surface area contributed by atoms with Gasteiger partial charge in [0, 0.05) is 20.2 Å². The quantitative estimate of drug-likeness (QED) is 0.848. The second-order valence-corrected chi connectivity index (χ2v) is 6.06. The summed E-state index contributed by atoms with van der Waals surface area (Å²) in [7, 11) is 1.40. The molecule has 8 heteroatoms. The molecule has 0 aromatic heterocycles. The molecule has 1 amide bonds. The van der Waals surface area contributed by atoms with Gasteiger partial charge in [0.25, 0.3) is 5.91 Å². The normalized spacial score (nSPS) is 21.2. The van der Waals surface area contributed by atoms with Crippen LogP contribution < -0.4 is 0 Å². The lowest BCUT2D eigenvalue weighted by atomic mass is 9.88. The van der Waals surface area contributed by atoms with Gasteiger partial charge in [-0.1, -0.05) is 23.2 Å². The van der Waals surface area contributed by atoms with Crippen molar-refractivity contribution in [2.75, 3.05) is 26.8 Å². The van der Waals surface area contributed by atoms with Crippen LogP contribution in [0.1, 0.15) is 16.8 Å². The molecule has 1 fully saturated rings. The number of benzene rings is 1. The number of nitrogens with zero attached hydrogens (tertiary/aromatic N) is 1. The van der Waals surface area contributed by atoms with Crippen LogP contribution in [0.4, 0.5) is 4.39 Å². The number of carboxylic acids is 1. The van der Waals surface area contributed by atoms with Gasteiger partial charge in [-0.2, -0.15) is 0 Å². The summed E-state index contributed by atoms with van der Waals surface area (Å²) in [4.78, 5) is 25.2. The second kappa shape index (κ2) is 6.40. The molecule has 1 atom stereocenters. The Balaban J connectivity index is 2.25. The first-order valence-electron chi connectivity index (χ1n) is 6.47. The third kappa shape index (κ3) is 3.04. The van der Waals surface area contributed by atoms with Crippen LogP contribution in [0.25, 0.3) is 0 Å². The summed E-state index contributed by atoms with van der Waals surface area (Å²) in [6.07, 6.45) is 0.260. The number of likely N-dealkylation sites (tertiary alicyclic amines) is 1. The lowest BCUT2D eigenvalue weighted by molar-refractivity contribution is -0.151. The van der Waals surface area contributed by atoms with Gasteiger partial charge < -0.3 is 14.7 Å². The van der Waals surface area contributed by atoms with Gasteiger partial charge in [0.15, 0.2) is 0 Å². The summed E-state index contributed by atoms with van der Waals surface area (Å²) in [5, 5.41) is 9.22. The molecule has 5 nitrogen and oxygen atoms in total. The van der Waals surface area contributed by atoms with E-state index in [1.807, 2.05) is 0 Å². The van der Waals surface area contributed by atoms with E-state index in [1.54, 1.807) is 0 Å². The van der Waals surface area contributed by atoms with Gasteiger partial charge in [-0.05, 0) is 18.6 Å². The molecule has 0 saturated carbocycles. The number of carbonyl (C=O) groups is 2. The highest BCUT2D eigenvalue weighted by molar-refractivity contribution is 6.36. The van der Waals surface area contributed by atoms with Crippen molar-refractivity contribution in [1.82, 2.24) is 4.90 Å². The highest BCUT2D eigenvalue weighted by atomic mass is 35.5. The minimum absolute atomic E-state index is 0.00513. The third-order valence-electron chi connectivity index (χ3n) is 3.76. The van der Waals surface area contributed by atoms with Crippen LogP contribution in [0.2, 0.25) is 10.0 Å². The van der Waals surface area contributed by atoms with Crippen LogP contribution in [0, 0.1) is 11.2 Å². The van der Waals surface area contributed by atoms with Gasteiger partial charge in [-0.25, -0.2) is 4.39 Å². The molecule has 2 rings (SSSR count). The van der Waals surface area contributed by atoms with Crippen LogP contribution in [0.3, 0.4) is 0 Å². The number of methoxy groups -OCH3 is 1. The van der Waals surface area contributed by atoms with Gasteiger partial charge in [-0.15, -0.1) is 0 Å². The van der Waals surface area contributed by atoms with Gasteiger partial charge in [0.1, 0.15) is 11.2 Å². The van der Waals surface area contributed by atoms with E-state index in [-0.39, 0.29) is 41.7 Å². The predicted molar refractivity (Wildman–Crippen MR) is 78.9 cm³/mol. The van der Waals surface area contributed by atoms with Crippen molar-refractivity contribution >= 4 is 35.1 Å². The van der Waals surface area contributed by atoms with Crippen LogP contribution in [0.5, 0.6) is 0 Å². The van der Waals surface area contributed by atoms with Crippen LogP contribution in [-0.2, 0) is 9.53 Å². The third-order valence-corrected chi connectivity index (χ3v) is 4.36. The van der Waals surface area contributed by atoms with Gasteiger partial charge in [0.2, 0.25) is 0 Å². The Labute approximate surface area is 136 Å². The monoisotopic (exact) mass is 349 g/mol. The largest absolute Gasteiger partial charge is 0.481 e. The molecular formula is C14H14Cl2FNO4. The molecule has 0 bridgehead atoms. The first kappa shape index (κ1) is 17.0. The summed E-state index contributed by atoms with van der Waals surface area (Å²) in [6, 6.07) is 2.12. The Morgan fingerprint density at radius 2 is 2.09 bits per heavy atom. The molecule has 22 heavy (non-hydrogen) atoms. The van der Waals surface area contributed by atoms with E-state index >= 15 is 0 Å². The van der Waals surface area contributed by atoms with Crippen LogP contribution >= 0.6 is 23.2 Å². The Morgan fingerprint density at radius 1 is 1.41 bits per heavy atom. The average molecular weight is 350 g/mol. The Kier molecular flexibility index (Phi) is 4.94. The topological polar surface area (TPSA) is 66.8 Å². The molecule has 1 aliphatic heterocycles. The van der Waals surface area contributed by atoms with Crippen molar-refractivity contribution < 1.29 is 23.8 Å². The number of rotatable bonds is 4. The Hall–Kier alpha value is -1.37. The maximum atomic E-state index is 13.5. The lowest BCUT2D eigenvalue weighted by Crippen LogP contribution is -2.40. The molecule has 1 N–H and O–H groups in total. The number of ether oxygens (including phenoxy) is 1. The summed E-state index contributed by atoms with van der Waals surface area (Å²) < 4.78 is 18.5. The number of aliphatic carboxylic acids is 1. The minimum Gasteiger partial charge on any atom is -0.481 e. The number of carbonyl (C=O) groups excluding carboxylic acids is 1. The molecule has 1 saturated heterocycles. The van der Waals surface area contributed by atoms with Gasteiger partial charge >= 0.3 is 5.97 Å². The molecule has 1 heterocycles. The average Bonchev–Trinajstić information content (AvgIpc) is 2.88. The standard InChI is InChI=1S/C14H14Cl2FNO4/c1-22-7-14(13(20)21)2-3-18(6-14)12(19)8-4-11(17)10(16)5-9(8)15/h4-5H,2-3,6-7H2,1H3,(H,20,21). The molecule has 1 unspecified atom stereocenters. The fourth-order valence-corrected chi connectivity index (χ4v) is 3.00. The maximum absolute atomic E-state index is 13.5. The predicted octanol–water partition coefficient (Wildman–Crippen LogP) is 2.70. The van der Waals surface area contributed by atoms with E-state index < -0.39 is 23.1 Å². The summed E-state index contributed by atoms with van der Waals surface area (Å²) in [5.41, 5.74) is -1.19. The van der Waals surface area contributed by atoms with Gasteiger partial charge in [-0.3, -0.25) is 9.59 Å². The Morgan fingerprint density at radius 3 is 2.68 bits per heavy atom. The molecular weight excluding hydrogens is 336 g/mol. The minimum atomic E-state index is -1.15. The van der Waals surface area contributed by atoms with E-state index in [4.69, 9.17) is 27.9 Å². The second-order valence-electron chi connectivity index (χ2n) is 5.24. The zero-order chi connectivity index (χ0) is 16.5. The van der Waals surface area contributed by atoms with Crippen LogP contribution in [-0.4, -0.2) is 48.7 Å². The number of halogens is 3. The van der Waals surface area contributed by atoms with Crippen molar-refractivity contribution in [3.8, 4) is 0 Å². The first-order valence-corrected chi connectivity index (χ1v) is 7.22. The SMILES string of the molecule is COCC1(C(=O)O)CCN(C(=O)c2cc(F)c(Cl)cc2Cl)C1. The first-order chi connectivity index (χ1) is 10.3. The molecule has 0 aliphatic carbocycles. The summed E-state index contributed by atoms with van der Waals surface area (Å²) in [5.74, 6) is -2.31. The van der Waals surface area contributed by atoms with E-state index in [2.05, 4.69) is 0 Å². The number of hydrogen-bond donors (Lipinski definition) is 1. The molecule has 1 aromatic carbocycles. The smallest absolute Gasteiger partial charge is 0.313 e. The zero-order valence-corrected chi connectivity index (χ0v) is 13.2. The zero-order valence-electron chi connectivity index (χ0n) is 11.7. The fourth-order valence-electron chi connectivity index (χ4n) is 2.53. The molecule has 1 aliphatic rings. The molecule has 0 radical (unpaired) electrons. The van der Waals surface area contributed by atoms with Crippen molar-refractivity contribution in [3.05, 3.63) is 33.6 Å². The Bertz CT molecular complexity index is 625. The van der Waals surface area contributed by atoms with E-state index in [0.717, 1.165) is 12.1 Å². The lowest BCUT2D eigenvalue weighted by Gasteiger charge is -2.24. The summed E-state index contributed by atoms with van der Waals surface area (Å²) >= 11 is 11.5. The number of amides is 1. The summed E-state index contributed by atoms with van der Waals surface area (Å²) in [6.45, 7) is 0.208. The van der Waals surface area contributed by atoms with E-state index in [9.17, 15) is 19.1 Å². The van der Waals surface area contributed by atoms with Crippen molar-refractivity contribution in [2.45, 2.75) is 6.42 Å². The van der Waals surface area contributed by atoms with Crippen molar-refractivity contribution in [2.24, 2.45) is 5.41 Å². The number of hydrogen-bond acceptors (Lipinski definition) is 3. The fraction of sp³-hybridized carbons (Fsp3) is 0.429. The van der Waals surface area contributed by atoms with E-state index in [1.165, 1.54) is 12.0 Å². The van der Waals surface area contributed by atoms with Crippen LogP contribution in [0.15, 0.2) is 12.1 Å². The van der Waals surface area contributed by atoms with Crippen molar-refractivity contribution in [3.63, 3.8) is 0 Å². The number of carboxylic acid groups (broad SMARTS) is 1. The molecule has 0 spiro atoms. The van der Waals surface area contributed by atoms with Gasteiger partial charge in [0.05, 0.1) is 22.2 Å². The van der Waals surface area contributed by atoms with E-state index in [0.29, 0.717) is 0 Å². The molecule has 1 aromatic rings. The highest BCUT2D eigenvalue weighted by Gasteiger charge is 2.46.